The smallest absolute Gasteiger partial charge is 0.254 e. The van der Waals surface area contributed by atoms with Crippen LogP contribution in [0.4, 0.5) is 5.69 Å². The van der Waals surface area contributed by atoms with Crippen LogP contribution in [0.2, 0.25) is 0 Å². The van der Waals surface area contributed by atoms with Crippen LogP contribution in [0.25, 0.3) is 0 Å². The largest absolute Gasteiger partial charge is 0.488 e. The molecule has 120 valence electrons. The van der Waals surface area contributed by atoms with Gasteiger partial charge in [0.2, 0.25) is 0 Å². The second-order valence-electron chi connectivity index (χ2n) is 6.17. The van der Waals surface area contributed by atoms with Gasteiger partial charge in [-0.2, -0.15) is 0 Å². The van der Waals surface area contributed by atoms with Gasteiger partial charge in [-0.3, -0.25) is 4.79 Å². The van der Waals surface area contributed by atoms with E-state index in [0.717, 1.165) is 35.4 Å². The van der Waals surface area contributed by atoms with Crippen molar-refractivity contribution < 1.29 is 9.53 Å². The maximum atomic E-state index is 12.7. The highest BCUT2D eigenvalue weighted by atomic mass is 16.5. The van der Waals surface area contributed by atoms with E-state index in [4.69, 9.17) is 10.5 Å². The SMILES string of the molecule is Cc1ccc(C)c(C(=O)N2CC[C@H](Oc3cccc(N)c3)C2)c1. The molecule has 0 radical (unpaired) electrons. The third-order valence-electron chi connectivity index (χ3n) is 4.22. The molecule has 1 amide bonds. The van der Waals surface area contributed by atoms with Crippen LogP contribution >= 0.6 is 0 Å². The topological polar surface area (TPSA) is 55.6 Å². The molecule has 2 aromatic carbocycles. The first-order valence-corrected chi connectivity index (χ1v) is 7.91. The van der Waals surface area contributed by atoms with E-state index in [1.807, 2.05) is 61.2 Å². The number of nitrogens with two attached hydrogens (primary N) is 1. The number of benzene rings is 2. The van der Waals surface area contributed by atoms with Crippen LogP contribution in [-0.2, 0) is 0 Å². The highest BCUT2D eigenvalue weighted by Gasteiger charge is 2.29. The molecule has 4 heteroatoms. The van der Waals surface area contributed by atoms with Gasteiger partial charge in [0.25, 0.3) is 5.91 Å². The average molecular weight is 310 g/mol. The zero-order chi connectivity index (χ0) is 16.4. The fraction of sp³-hybridized carbons (Fsp3) is 0.316. The van der Waals surface area contributed by atoms with Crippen molar-refractivity contribution in [1.29, 1.82) is 0 Å². The van der Waals surface area contributed by atoms with E-state index >= 15 is 0 Å². The predicted octanol–water partition coefficient (Wildman–Crippen LogP) is 3.18. The molecular formula is C19H22N2O2. The van der Waals surface area contributed by atoms with Crippen LogP contribution in [0.3, 0.4) is 0 Å². The van der Waals surface area contributed by atoms with Gasteiger partial charge in [0.1, 0.15) is 11.9 Å². The van der Waals surface area contributed by atoms with Gasteiger partial charge in [0, 0.05) is 30.3 Å². The van der Waals surface area contributed by atoms with Gasteiger partial charge in [-0.1, -0.05) is 23.8 Å². The summed E-state index contributed by atoms with van der Waals surface area (Å²) in [5.74, 6) is 0.848. The monoisotopic (exact) mass is 310 g/mol. The van der Waals surface area contributed by atoms with Crippen molar-refractivity contribution in [2.24, 2.45) is 0 Å². The van der Waals surface area contributed by atoms with Crippen molar-refractivity contribution in [3.8, 4) is 5.75 Å². The lowest BCUT2D eigenvalue weighted by Crippen LogP contribution is -2.31. The Morgan fingerprint density at radius 2 is 2.04 bits per heavy atom. The summed E-state index contributed by atoms with van der Waals surface area (Å²) >= 11 is 0. The van der Waals surface area contributed by atoms with E-state index in [2.05, 4.69) is 0 Å². The lowest BCUT2D eigenvalue weighted by atomic mass is 10.0. The van der Waals surface area contributed by atoms with Gasteiger partial charge >= 0.3 is 0 Å². The molecular weight excluding hydrogens is 288 g/mol. The molecule has 0 spiro atoms. The molecule has 1 aliphatic rings. The second kappa shape index (κ2) is 6.32. The molecule has 2 aromatic rings. The molecule has 1 aliphatic heterocycles. The quantitative estimate of drug-likeness (QED) is 0.886. The minimum absolute atomic E-state index is 0.0193. The van der Waals surface area contributed by atoms with Crippen LogP contribution in [0.5, 0.6) is 5.75 Å². The number of carbonyl (C=O) groups is 1. The number of hydrogen-bond donors (Lipinski definition) is 1. The summed E-state index contributed by atoms with van der Waals surface area (Å²) in [7, 11) is 0. The third kappa shape index (κ3) is 3.47. The number of rotatable bonds is 3. The van der Waals surface area contributed by atoms with Crippen molar-refractivity contribution in [1.82, 2.24) is 4.90 Å². The van der Waals surface area contributed by atoms with Gasteiger partial charge in [-0.05, 0) is 37.6 Å². The zero-order valence-electron chi connectivity index (χ0n) is 13.6. The highest BCUT2D eigenvalue weighted by molar-refractivity contribution is 5.96. The highest BCUT2D eigenvalue weighted by Crippen LogP contribution is 2.22. The Morgan fingerprint density at radius 1 is 1.22 bits per heavy atom. The van der Waals surface area contributed by atoms with Crippen molar-refractivity contribution in [3.63, 3.8) is 0 Å². The van der Waals surface area contributed by atoms with E-state index in [-0.39, 0.29) is 12.0 Å². The molecule has 1 saturated heterocycles. The Hall–Kier alpha value is -2.49. The van der Waals surface area contributed by atoms with Crippen LogP contribution in [0.15, 0.2) is 42.5 Å². The molecule has 0 aromatic heterocycles. The maximum absolute atomic E-state index is 12.7. The Kier molecular flexibility index (Phi) is 4.24. The van der Waals surface area contributed by atoms with Crippen molar-refractivity contribution in [3.05, 3.63) is 59.2 Å². The number of amides is 1. The number of nitrogens with zero attached hydrogens (tertiary/aromatic N) is 1. The number of hydrogen-bond acceptors (Lipinski definition) is 3. The van der Waals surface area contributed by atoms with E-state index in [9.17, 15) is 4.79 Å². The summed E-state index contributed by atoms with van der Waals surface area (Å²) in [5, 5.41) is 0. The molecule has 0 aliphatic carbocycles. The zero-order valence-corrected chi connectivity index (χ0v) is 13.6. The summed E-state index contributed by atoms with van der Waals surface area (Å²) in [6.07, 6.45) is 0.858. The van der Waals surface area contributed by atoms with E-state index in [0.29, 0.717) is 12.2 Å². The van der Waals surface area contributed by atoms with Crippen molar-refractivity contribution in [2.75, 3.05) is 18.8 Å². The Balaban J connectivity index is 1.67. The molecule has 1 heterocycles. The first-order valence-electron chi connectivity index (χ1n) is 7.91. The fourth-order valence-electron chi connectivity index (χ4n) is 2.93. The lowest BCUT2D eigenvalue weighted by Gasteiger charge is -2.19. The Labute approximate surface area is 136 Å². The average Bonchev–Trinajstić information content (AvgIpc) is 2.97. The first-order chi connectivity index (χ1) is 11.0. The van der Waals surface area contributed by atoms with Gasteiger partial charge in [0.15, 0.2) is 0 Å². The van der Waals surface area contributed by atoms with Crippen molar-refractivity contribution >= 4 is 11.6 Å². The number of carbonyl (C=O) groups excluding carboxylic acids is 1. The summed E-state index contributed by atoms with van der Waals surface area (Å²) < 4.78 is 5.95. The molecule has 3 rings (SSSR count). The number of aryl methyl sites for hydroxylation is 2. The van der Waals surface area contributed by atoms with E-state index < -0.39 is 0 Å². The van der Waals surface area contributed by atoms with E-state index in [1.165, 1.54) is 0 Å². The van der Waals surface area contributed by atoms with Crippen molar-refractivity contribution in [2.45, 2.75) is 26.4 Å². The molecule has 4 nitrogen and oxygen atoms in total. The molecule has 1 atom stereocenters. The van der Waals surface area contributed by atoms with Gasteiger partial charge in [-0.15, -0.1) is 0 Å². The van der Waals surface area contributed by atoms with Gasteiger partial charge in [-0.25, -0.2) is 0 Å². The molecule has 23 heavy (non-hydrogen) atoms. The molecule has 1 fully saturated rings. The number of anilines is 1. The minimum atomic E-state index is 0.0193. The van der Waals surface area contributed by atoms with Gasteiger partial charge < -0.3 is 15.4 Å². The minimum Gasteiger partial charge on any atom is -0.488 e. The standard InChI is InChI=1S/C19H22N2O2/c1-13-6-7-14(2)18(10-13)19(22)21-9-8-17(12-21)23-16-5-3-4-15(20)11-16/h3-7,10-11,17H,8-9,12,20H2,1-2H3/t17-/m0/s1. The predicted molar refractivity (Wildman–Crippen MR) is 91.7 cm³/mol. The normalized spacial score (nSPS) is 17.3. The fourth-order valence-corrected chi connectivity index (χ4v) is 2.93. The number of nitrogen functional groups attached to an aromatic ring is 1. The van der Waals surface area contributed by atoms with Crippen LogP contribution in [0.1, 0.15) is 27.9 Å². The molecule has 0 saturated carbocycles. The summed E-state index contributed by atoms with van der Waals surface area (Å²) in [6.45, 7) is 5.32. The summed E-state index contributed by atoms with van der Waals surface area (Å²) in [6, 6.07) is 13.4. The van der Waals surface area contributed by atoms with Gasteiger partial charge in [0.05, 0.1) is 6.54 Å². The molecule has 0 unspecified atom stereocenters. The van der Waals surface area contributed by atoms with Crippen LogP contribution < -0.4 is 10.5 Å². The number of likely N-dealkylation sites (tertiary alicyclic amines) is 1. The maximum Gasteiger partial charge on any atom is 0.254 e. The molecule has 0 bridgehead atoms. The molecule has 2 N–H and O–H groups in total. The Bertz CT molecular complexity index is 727. The Morgan fingerprint density at radius 3 is 2.83 bits per heavy atom. The lowest BCUT2D eigenvalue weighted by molar-refractivity contribution is 0.0771. The summed E-state index contributed by atoms with van der Waals surface area (Å²) in [5.41, 5.74) is 9.36. The third-order valence-corrected chi connectivity index (χ3v) is 4.22. The first kappa shape index (κ1) is 15.4. The van der Waals surface area contributed by atoms with E-state index in [1.54, 1.807) is 0 Å². The second-order valence-corrected chi connectivity index (χ2v) is 6.17. The van der Waals surface area contributed by atoms with Crippen LogP contribution in [0, 0.1) is 13.8 Å². The number of ether oxygens (including phenoxy) is 1. The van der Waals surface area contributed by atoms with Crippen LogP contribution in [-0.4, -0.2) is 30.0 Å². The summed E-state index contributed by atoms with van der Waals surface area (Å²) in [4.78, 5) is 14.6.